The number of esters is 1. The fourth-order valence-electron chi connectivity index (χ4n) is 9.53. The van der Waals surface area contributed by atoms with Crippen LogP contribution in [0.2, 0.25) is 0 Å². The Bertz CT molecular complexity index is 1340. The van der Waals surface area contributed by atoms with Crippen molar-refractivity contribution in [1.29, 1.82) is 0 Å². The highest BCUT2D eigenvalue weighted by atomic mass is 32.3. The van der Waals surface area contributed by atoms with Gasteiger partial charge in [0, 0.05) is 13.0 Å². The molecular formula is C59H112O12S. The zero-order chi connectivity index (χ0) is 52.4. The van der Waals surface area contributed by atoms with Crippen molar-refractivity contribution in [3.63, 3.8) is 0 Å². The van der Waals surface area contributed by atoms with Gasteiger partial charge in [-0.3, -0.25) is 9.35 Å². The van der Waals surface area contributed by atoms with Crippen LogP contribution >= 0.6 is 0 Å². The van der Waals surface area contributed by atoms with E-state index in [-0.39, 0.29) is 19.6 Å². The van der Waals surface area contributed by atoms with Gasteiger partial charge in [-0.05, 0) is 44.9 Å². The van der Waals surface area contributed by atoms with Crippen LogP contribution in [-0.2, 0) is 38.3 Å². The molecule has 426 valence electrons. The minimum Gasteiger partial charge on any atom is -0.457 e. The Morgan fingerprint density at radius 1 is 0.528 bits per heavy atom. The maximum absolute atomic E-state index is 13.0. The first-order valence-corrected chi connectivity index (χ1v) is 31.5. The number of aliphatic hydroxyl groups excluding tert-OH is 3. The van der Waals surface area contributed by atoms with Crippen LogP contribution in [0.15, 0.2) is 24.3 Å². The first kappa shape index (κ1) is 68.6. The molecule has 0 bridgehead atoms. The second kappa shape index (κ2) is 50.4. The highest BCUT2D eigenvalue weighted by molar-refractivity contribution is 7.80. The van der Waals surface area contributed by atoms with E-state index in [1.165, 1.54) is 212 Å². The molecule has 1 heterocycles. The van der Waals surface area contributed by atoms with E-state index in [0.717, 1.165) is 44.9 Å². The lowest BCUT2D eigenvalue weighted by Crippen LogP contribution is -2.60. The van der Waals surface area contributed by atoms with Gasteiger partial charge < -0.3 is 34.3 Å². The molecule has 1 aliphatic heterocycles. The molecular weight excluding hydrogens is 933 g/mol. The molecule has 1 rings (SSSR count). The summed E-state index contributed by atoms with van der Waals surface area (Å²) < 4.78 is 59.5. The molecule has 12 nitrogen and oxygen atoms in total. The van der Waals surface area contributed by atoms with Crippen molar-refractivity contribution < 1.29 is 56.2 Å². The maximum atomic E-state index is 13.0. The van der Waals surface area contributed by atoms with Gasteiger partial charge in [-0.25, -0.2) is 4.18 Å². The number of hydrogen-bond donors (Lipinski definition) is 4. The Balaban J connectivity index is 2.27. The quantitative estimate of drug-likeness (QED) is 0.0196. The monoisotopic (exact) mass is 1040 g/mol. The molecule has 6 atom stereocenters. The summed E-state index contributed by atoms with van der Waals surface area (Å²) >= 11 is 0. The maximum Gasteiger partial charge on any atom is 0.397 e. The molecule has 0 saturated carbocycles. The Kier molecular flexibility index (Phi) is 48.0. The average Bonchev–Trinajstić information content (AvgIpc) is 3.36. The summed E-state index contributed by atoms with van der Waals surface area (Å²) in [5, 5.41) is 30.9. The molecule has 4 N–H and O–H groups in total. The van der Waals surface area contributed by atoms with E-state index in [2.05, 4.69) is 42.3 Å². The predicted molar refractivity (Wildman–Crippen MR) is 294 cm³/mol. The molecule has 0 aliphatic carbocycles. The molecule has 72 heavy (non-hydrogen) atoms. The summed E-state index contributed by atoms with van der Waals surface area (Å²) in [5.74, 6) is -0.392. The van der Waals surface area contributed by atoms with E-state index in [1.54, 1.807) is 0 Å². The SMILES string of the molecule is CCCCCCC/C=C\C/C=C\CCCCCCCCCCCCCCOCC(COC1OC(CO)C(O)C(OS(=O)(=O)O)C1O)OC(=O)CCCCCCCCCCCCCCCCCCCCCCC. The lowest BCUT2D eigenvalue weighted by Gasteiger charge is -2.41. The van der Waals surface area contributed by atoms with Gasteiger partial charge >= 0.3 is 16.4 Å². The van der Waals surface area contributed by atoms with Crippen LogP contribution in [0.4, 0.5) is 0 Å². The van der Waals surface area contributed by atoms with Gasteiger partial charge in [0.1, 0.15) is 30.5 Å². The van der Waals surface area contributed by atoms with Crippen molar-refractivity contribution in [1.82, 2.24) is 0 Å². The predicted octanol–water partition coefficient (Wildman–Crippen LogP) is 15.1. The van der Waals surface area contributed by atoms with Crippen molar-refractivity contribution in [2.45, 2.75) is 320 Å². The minimum atomic E-state index is -5.07. The van der Waals surface area contributed by atoms with E-state index in [1.807, 2.05) is 0 Å². The van der Waals surface area contributed by atoms with Crippen LogP contribution in [0.3, 0.4) is 0 Å². The van der Waals surface area contributed by atoms with Crippen LogP contribution in [0.25, 0.3) is 0 Å². The van der Waals surface area contributed by atoms with Gasteiger partial charge in [0.05, 0.1) is 19.8 Å². The summed E-state index contributed by atoms with van der Waals surface area (Å²) in [7, 11) is -5.07. The first-order chi connectivity index (χ1) is 35.1. The Labute approximate surface area is 441 Å². The fourth-order valence-corrected chi connectivity index (χ4v) is 10.0. The van der Waals surface area contributed by atoms with Crippen LogP contribution < -0.4 is 0 Å². The average molecular weight is 1050 g/mol. The lowest BCUT2D eigenvalue weighted by atomic mass is 9.99. The number of unbranched alkanes of at least 4 members (excludes halogenated alkanes) is 37. The number of ether oxygens (including phenoxy) is 4. The summed E-state index contributed by atoms with van der Waals surface area (Å²) in [6.07, 6.45) is 52.2. The number of aliphatic hydroxyl groups is 3. The molecule has 0 aromatic rings. The second-order valence-electron chi connectivity index (χ2n) is 20.9. The molecule has 0 radical (unpaired) electrons. The zero-order valence-corrected chi connectivity index (χ0v) is 47.1. The summed E-state index contributed by atoms with van der Waals surface area (Å²) in [6.45, 7) is 4.05. The van der Waals surface area contributed by atoms with Crippen molar-refractivity contribution in [2.24, 2.45) is 0 Å². The molecule has 0 aromatic heterocycles. The molecule has 0 amide bonds. The standard InChI is InChI=1S/C59H112O12S/c1-3-5-7-9-11-13-15-17-19-21-23-25-26-27-29-31-33-35-37-39-41-43-45-47-49-67-51-53(52-68-59-57(63)58(71-72(64,65)66)56(62)54(50-60)70-59)69-55(61)48-46-44-42-40-38-36-34-32-30-28-24-22-20-18-16-14-12-10-8-6-4-2/h15,17,21,23,53-54,56-60,62-63H,3-14,16,18-20,22,24-52H2,1-2H3,(H,64,65,66)/b17-15-,23-21-. The normalized spacial score (nSPS) is 19.0. The highest BCUT2D eigenvalue weighted by Gasteiger charge is 2.48. The zero-order valence-electron chi connectivity index (χ0n) is 46.3. The molecule has 1 saturated heterocycles. The second-order valence-corrected chi connectivity index (χ2v) is 22.0. The lowest BCUT2D eigenvalue weighted by molar-refractivity contribution is -0.301. The van der Waals surface area contributed by atoms with E-state index in [0.29, 0.717) is 13.0 Å². The summed E-state index contributed by atoms with van der Waals surface area (Å²) in [6, 6.07) is 0. The number of rotatable bonds is 54. The number of hydrogen-bond acceptors (Lipinski definition) is 11. The minimum absolute atomic E-state index is 0.0402. The van der Waals surface area contributed by atoms with Gasteiger partial charge in [0.2, 0.25) is 0 Å². The summed E-state index contributed by atoms with van der Waals surface area (Å²) in [4.78, 5) is 13.0. The van der Waals surface area contributed by atoms with Gasteiger partial charge in [-0.2, -0.15) is 8.42 Å². The van der Waals surface area contributed by atoms with Crippen LogP contribution in [0.5, 0.6) is 0 Å². The van der Waals surface area contributed by atoms with Crippen LogP contribution in [0, 0.1) is 0 Å². The molecule has 0 aromatic carbocycles. The molecule has 1 aliphatic rings. The van der Waals surface area contributed by atoms with Crippen molar-refractivity contribution in [3.8, 4) is 0 Å². The molecule has 0 spiro atoms. The molecule has 1 fully saturated rings. The van der Waals surface area contributed by atoms with Crippen molar-refractivity contribution in [2.75, 3.05) is 26.4 Å². The third-order valence-electron chi connectivity index (χ3n) is 14.1. The van der Waals surface area contributed by atoms with Crippen LogP contribution in [-0.4, -0.2) is 97.5 Å². The Hall–Kier alpha value is -1.42. The van der Waals surface area contributed by atoms with E-state index in [9.17, 15) is 33.1 Å². The molecule has 6 unspecified atom stereocenters. The third kappa shape index (κ3) is 42.8. The first-order valence-electron chi connectivity index (χ1n) is 30.1. The third-order valence-corrected chi connectivity index (χ3v) is 14.5. The van der Waals surface area contributed by atoms with E-state index < -0.39 is 59.8 Å². The topological polar surface area (TPSA) is 178 Å². The number of allylic oxidation sites excluding steroid dienone is 4. The van der Waals surface area contributed by atoms with Gasteiger partial charge in [0.25, 0.3) is 0 Å². The van der Waals surface area contributed by atoms with Crippen molar-refractivity contribution in [3.05, 3.63) is 24.3 Å². The largest absolute Gasteiger partial charge is 0.457 e. The van der Waals surface area contributed by atoms with Gasteiger partial charge in [-0.15, -0.1) is 0 Å². The molecule has 13 heteroatoms. The number of carbonyl (C=O) groups excluding carboxylic acids is 1. The highest BCUT2D eigenvalue weighted by Crippen LogP contribution is 2.26. The van der Waals surface area contributed by atoms with Gasteiger partial charge in [-0.1, -0.05) is 256 Å². The van der Waals surface area contributed by atoms with E-state index >= 15 is 0 Å². The fraction of sp³-hybridized carbons (Fsp3) is 0.915. The summed E-state index contributed by atoms with van der Waals surface area (Å²) in [5.41, 5.74) is 0. The van der Waals surface area contributed by atoms with Crippen molar-refractivity contribution >= 4 is 16.4 Å². The van der Waals surface area contributed by atoms with E-state index in [4.69, 9.17) is 18.9 Å². The van der Waals surface area contributed by atoms with Crippen LogP contribution in [0.1, 0.15) is 284 Å². The number of carbonyl (C=O) groups is 1. The van der Waals surface area contributed by atoms with Gasteiger partial charge in [0.15, 0.2) is 6.29 Å². The smallest absolute Gasteiger partial charge is 0.397 e. The Morgan fingerprint density at radius 2 is 0.917 bits per heavy atom. The Morgan fingerprint density at radius 3 is 1.32 bits per heavy atom.